The molecule has 21 heavy (non-hydrogen) atoms. The van der Waals surface area contributed by atoms with Crippen molar-refractivity contribution in [3.05, 3.63) is 29.0 Å². The average Bonchev–Trinajstić information content (AvgIpc) is 3.08. The van der Waals surface area contributed by atoms with Crippen LogP contribution in [0.15, 0.2) is 22.7 Å². The number of benzene rings is 1. The van der Waals surface area contributed by atoms with Crippen LogP contribution in [0.5, 0.6) is 5.75 Å². The zero-order valence-electron chi connectivity index (χ0n) is 11.8. The van der Waals surface area contributed by atoms with Crippen molar-refractivity contribution >= 4 is 11.6 Å². The second-order valence-electron chi connectivity index (χ2n) is 5.22. The quantitative estimate of drug-likeness (QED) is 0.927. The molecule has 0 aliphatic heterocycles. The predicted octanol–water partition coefficient (Wildman–Crippen LogP) is 3.90. The van der Waals surface area contributed by atoms with E-state index in [1.165, 1.54) is 6.07 Å². The first-order valence-electron chi connectivity index (χ1n) is 7.12. The molecule has 1 heterocycles. The molecule has 5 nitrogen and oxygen atoms in total. The Hall–Kier alpha value is -1.59. The maximum absolute atomic E-state index is 9.94. The summed E-state index contributed by atoms with van der Waals surface area (Å²) in [6.07, 6.45) is 3.98. The van der Waals surface area contributed by atoms with Gasteiger partial charge in [0.25, 0.3) is 5.89 Å². The van der Waals surface area contributed by atoms with Crippen molar-refractivity contribution in [1.29, 1.82) is 0 Å². The lowest BCUT2D eigenvalue weighted by molar-refractivity contribution is -0.0469. The van der Waals surface area contributed by atoms with Crippen LogP contribution in [0, 0.1) is 0 Å². The fourth-order valence-corrected chi connectivity index (χ4v) is 3.02. The van der Waals surface area contributed by atoms with Crippen molar-refractivity contribution in [2.75, 3.05) is 6.61 Å². The van der Waals surface area contributed by atoms with Crippen LogP contribution in [-0.4, -0.2) is 21.9 Å². The van der Waals surface area contributed by atoms with Gasteiger partial charge in [-0.2, -0.15) is 4.98 Å². The standard InChI is InChI=1S/C15H17ClN2O3/c1-2-20-15(7-3-4-8-15)14-17-13(21-18-14)11-6-5-10(16)9-12(11)19/h5-6,9,19H,2-4,7-8H2,1H3. The minimum Gasteiger partial charge on any atom is -0.507 e. The van der Waals surface area contributed by atoms with Crippen LogP contribution in [0.4, 0.5) is 0 Å². The highest BCUT2D eigenvalue weighted by molar-refractivity contribution is 6.30. The Bertz CT molecular complexity index is 636. The highest BCUT2D eigenvalue weighted by Crippen LogP contribution is 2.41. The lowest BCUT2D eigenvalue weighted by Gasteiger charge is -2.24. The van der Waals surface area contributed by atoms with Gasteiger partial charge in [-0.15, -0.1) is 0 Å². The predicted molar refractivity (Wildman–Crippen MR) is 78.2 cm³/mol. The molecule has 1 aliphatic carbocycles. The lowest BCUT2D eigenvalue weighted by atomic mass is 10.0. The summed E-state index contributed by atoms with van der Waals surface area (Å²) >= 11 is 5.83. The first kappa shape index (κ1) is 14.4. The number of halogens is 1. The Morgan fingerprint density at radius 2 is 2.14 bits per heavy atom. The molecule has 0 radical (unpaired) electrons. The molecule has 0 saturated heterocycles. The molecule has 1 aromatic heterocycles. The molecule has 0 spiro atoms. The second-order valence-corrected chi connectivity index (χ2v) is 5.66. The maximum atomic E-state index is 9.94. The first-order chi connectivity index (χ1) is 10.1. The molecule has 6 heteroatoms. The molecule has 0 atom stereocenters. The highest BCUT2D eigenvalue weighted by Gasteiger charge is 2.41. The van der Waals surface area contributed by atoms with Gasteiger partial charge in [-0.3, -0.25) is 0 Å². The molecular weight excluding hydrogens is 292 g/mol. The number of rotatable bonds is 4. The summed E-state index contributed by atoms with van der Waals surface area (Å²) in [4.78, 5) is 4.44. The number of nitrogens with zero attached hydrogens (tertiary/aromatic N) is 2. The summed E-state index contributed by atoms with van der Waals surface area (Å²) < 4.78 is 11.2. The van der Waals surface area contributed by atoms with Gasteiger partial charge in [0.15, 0.2) is 0 Å². The molecule has 0 bridgehead atoms. The van der Waals surface area contributed by atoms with Crippen LogP contribution >= 0.6 is 11.6 Å². The first-order valence-corrected chi connectivity index (χ1v) is 7.49. The Labute approximate surface area is 127 Å². The minimum atomic E-state index is -0.446. The molecule has 0 unspecified atom stereocenters. The molecule has 112 valence electrons. The molecule has 1 aromatic carbocycles. The Balaban J connectivity index is 1.95. The number of aromatic nitrogens is 2. The fraction of sp³-hybridized carbons (Fsp3) is 0.467. The molecule has 1 fully saturated rings. The van der Waals surface area contributed by atoms with Gasteiger partial charge in [0.05, 0.1) is 5.56 Å². The average molecular weight is 309 g/mol. The van der Waals surface area contributed by atoms with E-state index in [-0.39, 0.29) is 11.6 Å². The van der Waals surface area contributed by atoms with E-state index in [4.69, 9.17) is 20.9 Å². The van der Waals surface area contributed by atoms with E-state index in [0.29, 0.717) is 23.0 Å². The normalized spacial score (nSPS) is 17.2. The van der Waals surface area contributed by atoms with Crippen molar-refractivity contribution in [3.63, 3.8) is 0 Å². The smallest absolute Gasteiger partial charge is 0.261 e. The van der Waals surface area contributed by atoms with Gasteiger partial charge in [-0.1, -0.05) is 16.8 Å². The Morgan fingerprint density at radius 3 is 2.81 bits per heavy atom. The van der Waals surface area contributed by atoms with Crippen LogP contribution in [-0.2, 0) is 10.3 Å². The second kappa shape index (κ2) is 5.66. The number of ether oxygens (including phenoxy) is 1. The van der Waals surface area contributed by atoms with E-state index in [1.54, 1.807) is 12.1 Å². The molecule has 1 N–H and O–H groups in total. The van der Waals surface area contributed by atoms with Crippen LogP contribution in [0.2, 0.25) is 5.02 Å². The summed E-state index contributed by atoms with van der Waals surface area (Å²) in [6, 6.07) is 4.79. The SMILES string of the molecule is CCOC1(c2noc(-c3ccc(Cl)cc3O)n2)CCCC1. The van der Waals surface area contributed by atoms with Crippen molar-refractivity contribution in [2.24, 2.45) is 0 Å². The summed E-state index contributed by atoms with van der Waals surface area (Å²) in [5.41, 5.74) is 0.0289. The third kappa shape index (κ3) is 2.63. The number of phenols is 1. The van der Waals surface area contributed by atoms with E-state index >= 15 is 0 Å². The molecule has 0 amide bonds. The van der Waals surface area contributed by atoms with E-state index in [1.807, 2.05) is 6.92 Å². The van der Waals surface area contributed by atoms with E-state index in [9.17, 15) is 5.11 Å². The van der Waals surface area contributed by atoms with Gasteiger partial charge in [0.1, 0.15) is 11.4 Å². The van der Waals surface area contributed by atoms with Crippen LogP contribution in [0.3, 0.4) is 0 Å². The zero-order valence-corrected chi connectivity index (χ0v) is 12.6. The zero-order chi connectivity index (χ0) is 14.9. The van der Waals surface area contributed by atoms with Gasteiger partial charge >= 0.3 is 0 Å². The van der Waals surface area contributed by atoms with Crippen molar-refractivity contribution in [1.82, 2.24) is 10.1 Å². The largest absolute Gasteiger partial charge is 0.507 e. The number of phenolic OH excluding ortho intramolecular Hbond substituents is 1. The summed E-state index contributed by atoms with van der Waals surface area (Å²) in [5.74, 6) is 0.867. The Morgan fingerprint density at radius 1 is 1.38 bits per heavy atom. The van der Waals surface area contributed by atoms with E-state index in [0.717, 1.165) is 25.7 Å². The Kier molecular flexibility index (Phi) is 3.87. The summed E-state index contributed by atoms with van der Waals surface area (Å²) in [7, 11) is 0. The molecule has 1 aliphatic rings. The molecular formula is C15H17ClN2O3. The lowest BCUT2D eigenvalue weighted by Crippen LogP contribution is -2.27. The van der Waals surface area contributed by atoms with Crippen molar-refractivity contribution in [3.8, 4) is 17.2 Å². The topological polar surface area (TPSA) is 68.4 Å². The van der Waals surface area contributed by atoms with Crippen LogP contribution in [0.1, 0.15) is 38.4 Å². The van der Waals surface area contributed by atoms with Gasteiger partial charge < -0.3 is 14.4 Å². The van der Waals surface area contributed by atoms with Crippen LogP contribution < -0.4 is 0 Å². The minimum absolute atomic E-state index is 0.0228. The summed E-state index contributed by atoms with van der Waals surface area (Å²) in [5, 5.41) is 14.5. The van der Waals surface area contributed by atoms with Crippen molar-refractivity contribution in [2.45, 2.75) is 38.2 Å². The highest BCUT2D eigenvalue weighted by atomic mass is 35.5. The fourth-order valence-electron chi connectivity index (χ4n) is 2.86. The van der Waals surface area contributed by atoms with Gasteiger partial charge in [-0.25, -0.2) is 0 Å². The molecule has 2 aromatic rings. The van der Waals surface area contributed by atoms with Gasteiger partial charge in [0.2, 0.25) is 5.82 Å². The van der Waals surface area contributed by atoms with Gasteiger partial charge in [-0.05, 0) is 50.8 Å². The number of hydrogen-bond donors (Lipinski definition) is 1. The molecule has 3 rings (SSSR count). The third-order valence-corrected chi connectivity index (χ3v) is 4.09. The number of hydrogen-bond acceptors (Lipinski definition) is 5. The van der Waals surface area contributed by atoms with E-state index < -0.39 is 5.60 Å². The third-order valence-electron chi connectivity index (χ3n) is 3.86. The number of aromatic hydroxyl groups is 1. The van der Waals surface area contributed by atoms with E-state index in [2.05, 4.69) is 10.1 Å². The molecule has 1 saturated carbocycles. The summed E-state index contributed by atoms with van der Waals surface area (Å²) in [6.45, 7) is 2.57. The van der Waals surface area contributed by atoms with Crippen molar-refractivity contribution < 1.29 is 14.4 Å². The van der Waals surface area contributed by atoms with Gasteiger partial charge in [0, 0.05) is 11.6 Å². The monoisotopic (exact) mass is 308 g/mol. The van der Waals surface area contributed by atoms with Crippen LogP contribution in [0.25, 0.3) is 11.5 Å². The maximum Gasteiger partial charge on any atom is 0.261 e.